The van der Waals surface area contributed by atoms with Crippen LogP contribution in [0.4, 0.5) is 13.2 Å². The Hall–Kier alpha value is -4.30. The van der Waals surface area contributed by atoms with Crippen LogP contribution in [0, 0.1) is 5.41 Å². The van der Waals surface area contributed by atoms with Gasteiger partial charge in [-0.05, 0) is 31.0 Å². The molecule has 1 aliphatic carbocycles. The number of carbonyl (C=O) groups is 1. The van der Waals surface area contributed by atoms with Gasteiger partial charge in [-0.3, -0.25) is 9.48 Å². The van der Waals surface area contributed by atoms with Crippen molar-refractivity contribution in [3.8, 4) is 28.7 Å². The van der Waals surface area contributed by atoms with Gasteiger partial charge in [0, 0.05) is 35.9 Å². The molecule has 2 aliphatic rings. The lowest BCUT2D eigenvalue weighted by Gasteiger charge is -2.29. The number of halogens is 3. The van der Waals surface area contributed by atoms with Crippen LogP contribution in [0.5, 0.6) is 5.88 Å². The molecule has 1 spiro atoms. The standard InChI is InChI=1S/C27H25F3N6O5/c1-36-20(13-38-21-6-5-18(10-31-21)27(28,29)30)19(11-33-36)25-34-23(35-41-25)16-3-2-4-17(9-16)24(37)32-12-22-39-14-26(7-8-26)15-40-22/h2-6,9-11,22H,7-8,12-15H2,1H3,(H,32,37). The second-order valence-corrected chi connectivity index (χ2v) is 10.1. The van der Waals surface area contributed by atoms with Gasteiger partial charge in [0.15, 0.2) is 6.29 Å². The predicted molar refractivity (Wildman–Crippen MR) is 135 cm³/mol. The molecule has 14 heteroatoms. The zero-order valence-corrected chi connectivity index (χ0v) is 21.8. The quantitative estimate of drug-likeness (QED) is 0.334. The molecule has 4 aromatic rings. The number of pyridine rings is 1. The van der Waals surface area contributed by atoms with Crippen molar-refractivity contribution in [3.05, 3.63) is 65.6 Å². The SMILES string of the molecule is Cn1ncc(-c2nc(-c3cccc(C(=O)NCC4OCC5(CC5)CO4)c3)no2)c1COc1ccc(C(F)(F)F)cn1. The molecule has 1 aliphatic heterocycles. The number of ether oxygens (including phenoxy) is 3. The summed E-state index contributed by atoms with van der Waals surface area (Å²) in [5, 5.41) is 11.1. The first-order valence-corrected chi connectivity index (χ1v) is 12.8. The van der Waals surface area contributed by atoms with Crippen molar-refractivity contribution in [1.82, 2.24) is 30.2 Å². The molecule has 4 heterocycles. The van der Waals surface area contributed by atoms with E-state index in [1.807, 2.05) is 0 Å². The molecule has 214 valence electrons. The Bertz CT molecular complexity index is 1540. The summed E-state index contributed by atoms with van der Waals surface area (Å²) in [6.07, 6.45) is -0.502. The summed E-state index contributed by atoms with van der Waals surface area (Å²) in [5.74, 6) is 0.128. The number of rotatable bonds is 8. The van der Waals surface area contributed by atoms with Crippen molar-refractivity contribution in [3.63, 3.8) is 0 Å². The molecule has 41 heavy (non-hydrogen) atoms. The van der Waals surface area contributed by atoms with Crippen molar-refractivity contribution in [1.29, 1.82) is 0 Å². The summed E-state index contributed by atoms with van der Waals surface area (Å²) >= 11 is 0. The number of aryl methyl sites for hydroxylation is 1. The van der Waals surface area contributed by atoms with Crippen molar-refractivity contribution in [2.24, 2.45) is 12.5 Å². The maximum atomic E-state index is 12.8. The number of hydrogen-bond acceptors (Lipinski definition) is 9. The molecule has 0 radical (unpaired) electrons. The molecule has 2 fully saturated rings. The van der Waals surface area contributed by atoms with Crippen molar-refractivity contribution in [2.75, 3.05) is 19.8 Å². The summed E-state index contributed by atoms with van der Waals surface area (Å²) in [6.45, 7) is 1.48. The van der Waals surface area contributed by atoms with E-state index in [4.69, 9.17) is 18.7 Å². The van der Waals surface area contributed by atoms with Gasteiger partial charge in [-0.25, -0.2) is 4.98 Å². The predicted octanol–water partition coefficient (Wildman–Crippen LogP) is 4.01. The van der Waals surface area contributed by atoms with Gasteiger partial charge in [0.25, 0.3) is 11.8 Å². The summed E-state index contributed by atoms with van der Waals surface area (Å²) < 4.78 is 62.4. The number of aromatic nitrogens is 5. The molecule has 11 nitrogen and oxygen atoms in total. The minimum Gasteiger partial charge on any atom is -0.471 e. The lowest BCUT2D eigenvalue weighted by molar-refractivity contribution is -0.203. The highest BCUT2D eigenvalue weighted by molar-refractivity contribution is 5.95. The smallest absolute Gasteiger partial charge is 0.417 e. The fraction of sp³-hybridized carbons (Fsp3) is 0.370. The second-order valence-electron chi connectivity index (χ2n) is 10.1. The van der Waals surface area contributed by atoms with Gasteiger partial charge >= 0.3 is 6.18 Å². The fourth-order valence-corrected chi connectivity index (χ4v) is 4.33. The van der Waals surface area contributed by atoms with Gasteiger partial charge in [-0.1, -0.05) is 17.3 Å². The van der Waals surface area contributed by atoms with Gasteiger partial charge in [0.2, 0.25) is 11.7 Å². The zero-order chi connectivity index (χ0) is 28.6. The van der Waals surface area contributed by atoms with E-state index in [0.29, 0.717) is 41.8 Å². The minimum atomic E-state index is -4.49. The lowest BCUT2D eigenvalue weighted by Crippen LogP contribution is -2.41. The lowest BCUT2D eigenvalue weighted by atomic mass is 10.1. The Balaban J connectivity index is 1.10. The maximum absolute atomic E-state index is 12.8. The minimum absolute atomic E-state index is 0.0138. The van der Waals surface area contributed by atoms with Crippen LogP contribution in [0.3, 0.4) is 0 Å². The number of benzene rings is 1. The Labute approximate surface area is 231 Å². The van der Waals surface area contributed by atoms with E-state index in [0.717, 1.165) is 25.0 Å². The molecule has 1 aromatic carbocycles. The normalized spacial score (nSPS) is 16.6. The summed E-state index contributed by atoms with van der Waals surface area (Å²) in [7, 11) is 1.68. The molecule has 0 atom stereocenters. The number of nitrogens with one attached hydrogen (secondary N) is 1. The van der Waals surface area contributed by atoms with Crippen LogP contribution in [0.1, 0.15) is 34.5 Å². The van der Waals surface area contributed by atoms with Crippen LogP contribution in [0.25, 0.3) is 22.8 Å². The first kappa shape index (κ1) is 26.9. The van der Waals surface area contributed by atoms with Crippen LogP contribution in [0.2, 0.25) is 0 Å². The van der Waals surface area contributed by atoms with E-state index in [1.54, 1.807) is 31.3 Å². The van der Waals surface area contributed by atoms with Crippen LogP contribution in [0.15, 0.2) is 53.3 Å². The third kappa shape index (κ3) is 5.93. The van der Waals surface area contributed by atoms with Gasteiger partial charge in [-0.15, -0.1) is 0 Å². The summed E-state index contributed by atoms with van der Waals surface area (Å²) in [4.78, 5) is 20.9. The fourth-order valence-electron chi connectivity index (χ4n) is 4.33. The molecule has 1 saturated carbocycles. The van der Waals surface area contributed by atoms with Gasteiger partial charge < -0.3 is 24.1 Å². The molecule has 0 unspecified atom stereocenters. The second kappa shape index (κ2) is 10.6. The number of carbonyl (C=O) groups excluding carboxylic acids is 1. The maximum Gasteiger partial charge on any atom is 0.417 e. The first-order valence-electron chi connectivity index (χ1n) is 12.8. The molecule has 1 saturated heterocycles. The van der Waals surface area contributed by atoms with E-state index in [-0.39, 0.29) is 42.1 Å². The van der Waals surface area contributed by atoms with Crippen molar-refractivity contribution in [2.45, 2.75) is 31.9 Å². The highest BCUT2D eigenvalue weighted by atomic mass is 19.4. The third-order valence-electron chi connectivity index (χ3n) is 7.06. The molecule has 1 amide bonds. The topological polar surface area (TPSA) is 126 Å². The summed E-state index contributed by atoms with van der Waals surface area (Å²) in [5.41, 5.74) is 1.30. The monoisotopic (exact) mass is 570 g/mol. The Morgan fingerprint density at radius 2 is 1.98 bits per heavy atom. The van der Waals surface area contributed by atoms with Gasteiger partial charge in [0.05, 0.1) is 42.8 Å². The van der Waals surface area contributed by atoms with E-state index < -0.39 is 18.0 Å². The largest absolute Gasteiger partial charge is 0.471 e. The molecular weight excluding hydrogens is 545 g/mol. The molecule has 1 N–H and O–H groups in total. The number of nitrogens with zero attached hydrogens (tertiary/aromatic N) is 5. The first-order chi connectivity index (χ1) is 19.7. The Morgan fingerprint density at radius 3 is 2.68 bits per heavy atom. The van der Waals surface area contributed by atoms with Crippen LogP contribution in [-0.4, -0.2) is 56.9 Å². The number of amides is 1. The third-order valence-corrected chi connectivity index (χ3v) is 7.06. The van der Waals surface area contributed by atoms with E-state index in [1.165, 1.54) is 10.9 Å². The molecule has 3 aromatic heterocycles. The Morgan fingerprint density at radius 1 is 1.17 bits per heavy atom. The molecule has 0 bridgehead atoms. The highest BCUT2D eigenvalue weighted by Crippen LogP contribution is 2.48. The van der Waals surface area contributed by atoms with Gasteiger partial charge in [0.1, 0.15) is 6.61 Å². The zero-order valence-electron chi connectivity index (χ0n) is 21.8. The summed E-state index contributed by atoms with van der Waals surface area (Å²) in [6, 6.07) is 8.82. The van der Waals surface area contributed by atoms with E-state index in [9.17, 15) is 18.0 Å². The van der Waals surface area contributed by atoms with E-state index in [2.05, 4.69) is 25.5 Å². The molecular formula is C27H25F3N6O5. The van der Waals surface area contributed by atoms with Crippen LogP contribution < -0.4 is 10.1 Å². The van der Waals surface area contributed by atoms with Gasteiger partial charge in [-0.2, -0.15) is 23.3 Å². The Kier molecular flexibility index (Phi) is 6.95. The highest BCUT2D eigenvalue weighted by Gasteiger charge is 2.46. The van der Waals surface area contributed by atoms with Crippen LogP contribution in [-0.2, 0) is 29.3 Å². The number of alkyl halides is 3. The number of hydrogen-bond donors (Lipinski definition) is 1. The average Bonchev–Trinajstić information content (AvgIpc) is 3.36. The average molecular weight is 571 g/mol. The molecule has 6 rings (SSSR count). The van der Waals surface area contributed by atoms with Crippen molar-refractivity contribution >= 4 is 5.91 Å². The van der Waals surface area contributed by atoms with Crippen LogP contribution >= 0.6 is 0 Å². The van der Waals surface area contributed by atoms with E-state index >= 15 is 0 Å². The van der Waals surface area contributed by atoms with Crippen molar-refractivity contribution < 1.29 is 36.7 Å².